The summed E-state index contributed by atoms with van der Waals surface area (Å²) in [6.07, 6.45) is 1.12. The van der Waals surface area contributed by atoms with Crippen molar-refractivity contribution in [3.05, 3.63) is 140 Å². The zero-order chi connectivity index (χ0) is 25.0. The van der Waals surface area contributed by atoms with Gasteiger partial charge in [0.2, 0.25) is 0 Å². The van der Waals surface area contributed by atoms with Crippen LogP contribution in [0.4, 0.5) is 0 Å². The van der Waals surface area contributed by atoms with E-state index in [9.17, 15) is 8.42 Å². The molecule has 0 aromatic heterocycles. The van der Waals surface area contributed by atoms with E-state index in [1.54, 1.807) is 0 Å². The Morgan fingerprint density at radius 1 is 0.417 bits per heavy atom. The lowest BCUT2D eigenvalue weighted by Crippen LogP contribution is -2.13. The highest BCUT2D eigenvalue weighted by atomic mass is 32.3. The van der Waals surface area contributed by atoms with Crippen molar-refractivity contribution in [1.29, 1.82) is 0 Å². The lowest BCUT2D eigenvalue weighted by atomic mass is 10.1. The minimum Gasteiger partial charge on any atom is -0.207 e. The molecule has 0 spiro atoms. The molecule has 0 N–H and O–H groups in total. The Labute approximate surface area is 214 Å². The molecule has 0 atom stereocenters. The van der Waals surface area contributed by atoms with Crippen molar-refractivity contribution in [2.24, 2.45) is 0 Å². The molecule has 0 saturated heterocycles. The highest BCUT2D eigenvalue weighted by Gasteiger charge is 2.36. The maximum Gasteiger partial charge on any atom is 0.274 e. The molecule has 0 fully saturated rings. The van der Waals surface area contributed by atoms with Gasteiger partial charge in [-0.1, -0.05) is 103 Å². The van der Waals surface area contributed by atoms with Crippen LogP contribution >= 0.6 is 10.3 Å². The van der Waals surface area contributed by atoms with Crippen LogP contribution in [0.3, 0.4) is 0 Å². The molecule has 0 aliphatic rings. The summed E-state index contributed by atoms with van der Waals surface area (Å²) >= 11 is 0. The van der Waals surface area contributed by atoms with E-state index in [-0.39, 0.29) is 0 Å². The molecule has 180 valence electrons. The summed E-state index contributed by atoms with van der Waals surface area (Å²) in [4.78, 5) is 2.44. The number of benzene rings is 5. The second-order valence-electron chi connectivity index (χ2n) is 8.42. The molecule has 5 aromatic carbocycles. The Balaban J connectivity index is 1.70. The van der Waals surface area contributed by atoms with Gasteiger partial charge in [0.15, 0.2) is 0 Å². The molecule has 36 heavy (non-hydrogen) atoms. The Bertz CT molecular complexity index is 1450. The second-order valence-corrected chi connectivity index (χ2v) is 12.9. The van der Waals surface area contributed by atoms with Gasteiger partial charge < -0.3 is 0 Å². The standard InChI is InChI=1S/C31H26O3S2/c1-35(32,33)34-36(29-15-9-4-10-16-29,30-21-17-27(18-22-30)25-11-5-2-6-12-25)31-23-19-28(20-24-31)26-13-7-3-8-14-26/h2-24H,1H3. The van der Waals surface area contributed by atoms with Crippen molar-refractivity contribution >= 4 is 20.4 Å². The van der Waals surface area contributed by atoms with Gasteiger partial charge >= 0.3 is 0 Å². The molecule has 0 heterocycles. The predicted octanol–water partition coefficient (Wildman–Crippen LogP) is 8.19. The van der Waals surface area contributed by atoms with Gasteiger partial charge in [0.1, 0.15) is 0 Å². The second kappa shape index (κ2) is 10.2. The molecule has 0 bridgehead atoms. The fourth-order valence-electron chi connectivity index (χ4n) is 4.26. The van der Waals surface area contributed by atoms with E-state index < -0.39 is 20.4 Å². The van der Waals surface area contributed by atoms with Crippen molar-refractivity contribution in [3.63, 3.8) is 0 Å². The van der Waals surface area contributed by atoms with E-state index in [4.69, 9.17) is 3.63 Å². The van der Waals surface area contributed by atoms with Crippen molar-refractivity contribution < 1.29 is 12.0 Å². The molecular formula is C31H26O3S2. The van der Waals surface area contributed by atoms with Crippen molar-refractivity contribution in [2.75, 3.05) is 6.26 Å². The highest BCUT2D eigenvalue weighted by Crippen LogP contribution is 2.70. The third kappa shape index (κ3) is 5.00. The van der Waals surface area contributed by atoms with E-state index in [1.807, 2.05) is 115 Å². The summed E-state index contributed by atoms with van der Waals surface area (Å²) in [7, 11) is -6.39. The quantitative estimate of drug-likeness (QED) is 0.222. The van der Waals surface area contributed by atoms with Crippen LogP contribution in [0.2, 0.25) is 0 Å². The summed E-state index contributed by atoms with van der Waals surface area (Å²) < 4.78 is 31.6. The molecule has 0 unspecified atom stereocenters. The van der Waals surface area contributed by atoms with Gasteiger partial charge in [-0.2, -0.15) is 8.42 Å². The van der Waals surface area contributed by atoms with Crippen LogP contribution in [-0.4, -0.2) is 14.7 Å². The lowest BCUT2D eigenvalue weighted by molar-refractivity contribution is 0.515. The normalized spacial score (nSPS) is 12.2. The fraction of sp³-hybridized carbons (Fsp3) is 0.0323. The topological polar surface area (TPSA) is 43.4 Å². The summed E-state index contributed by atoms with van der Waals surface area (Å²) in [5.74, 6) is 0. The Morgan fingerprint density at radius 2 is 0.722 bits per heavy atom. The third-order valence-corrected chi connectivity index (χ3v) is 10.5. The summed E-state index contributed by atoms with van der Waals surface area (Å²) in [5.41, 5.74) is 4.31. The molecular weight excluding hydrogens is 484 g/mol. The molecule has 0 radical (unpaired) electrons. The minimum atomic E-state index is -3.81. The van der Waals surface area contributed by atoms with Crippen LogP contribution in [0.15, 0.2) is 154 Å². The van der Waals surface area contributed by atoms with Gasteiger partial charge in [-0.05, 0) is 69.0 Å². The van der Waals surface area contributed by atoms with Gasteiger partial charge in [0.05, 0.1) is 6.26 Å². The van der Waals surface area contributed by atoms with Crippen LogP contribution < -0.4 is 0 Å². The molecule has 0 aliphatic heterocycles. The van der Waals surface area contributed by atoms with Crippen molar-refractivity contribution in [2.45, 2.75) is 14.7 Å². The first-order valence-electron chi connectivity index (χ1n) is 11.6. The van der Waals surface area contributed by atoms with Crippen LogP contribution in [0.25, 0.3) is 22.3 Å². The zero-order valence-electron chi connectivity index (χ0n) is 19.8. The van der Waals surface area contributed by atoms with Crippen molar-refractivity contribution in [1.82, 2.24) is 0 Å². The van der Waals surface area contributed by atoms with Gasteiger partial charge in [-0.25, -0.2) is 3.63 Å². The number of rotatable bonds is 7. The van der Waals surface area contributed by atoms with Gasteiger partial charge in [0, 0.05) is 14.7 Å². The molecule has 0 aliphatic carbocycles. The largest absolute Gasteiger partial charge is 0.274 e. The first-order valence-corrected chi connectivity index (χ1v) is 14.9. The monoisotopic (exact) mass is 510 g/mol. The summed E-state index contributed by atoms with van der Waals surface area (Å²) in [6.45, 7) is 0. The van der Waals surface area contributed by atoms with E-state index >= 15 is 0 Å². The maximum atomic E-state index is 12.7. The summed E-state index contributed by atoms with van der Waals surface area (Å²) in [6, 6.07) is 45.9. The first kappa shape index (κ1) is 24.1. The Morgan fingerprint density at radius 3 is 1.08 bits per heavy atom. The molecule has 5 aromatic rings. The minimum absolute atomic E-state index is 0.811. The average Bonchev–Trinajstić information content (AvgIpc) is 2.93. The van der Waals surface area contributed by atoms with Crippen LogP contribution in [-0.2, 0) is 13.7 Å². The first-order chi connectivity index (χ1) is 17.5. The predicted molar refractivity (Wildman–Crippen MR) is 149 cm³/mol. The molecule has 5 heteroatoms. The van der Waals surface area contributed by atoms with E-state index in [0.717, 1.165) is 43.2 Å². The lowest BCUT2D eigenvalue weighted by Gasteiger charge is -2.39. The average molecular weight is 511 g/mol. The van der Waals surface area contributed by atoms with Gasteiger partial charge in [-0.3, -0.25) is 0 Å². The maximum absolute atomic E-state index is 12.7. The smallest absolute Gasteiger partial charge is 0.207 e. The number of hydrogen-bond acceptors (Lipinski definition) is 3. The van der Waals surface area contributed by atoms with Gasteiger partial charge in [-0.15, -0.1) is 0 Å². The SMILES string of the molecule is CS(=O)(=O)OS(c1ccccc1)(c1ccc(-c2ccccc2)cc1)c1ccc(-c2ccccc2)cc1. The zero-order valence-corrected chi connectivity index (χ0v) is 21.5. The Kier molecular flexibility index (Phi) is 6.79. The summed E-state index contributed by atoms with van der Waals surface area (Å²) in [5, 5.41) is 0. The third-order valence-electron chi connectivity index (χ3n) is 5.89. The molecule has 0 saturated carbocycles. The number of hydrogen-bond donors (Lipinski definition) is 0. The van der Waals surface area contributed by atoms with Crippen molar-refractivity contribution in [3.8, 4) is 22.3 Å². The van der Waals surface area contributed by atoms with Crippen LogP contribution in [0.5, 0.6) is 0 Å². The van der Waals surface area contributed by atoms with E-state index in [2.05, 4.69) is 24.3 Å². The molecule has 5 rings (SSSR count). The van der Waals surface area contributed by atoms with Crippen LogP contribution in [0, 0.1) is 0 Å². The fourth-order valence-corrected chi connectivity index (χ4v) is 9.08. The molecule has 0 amide bonds. The van der Waals surface area contributed by atoms with E-state index in [0.29, 0.717) is 0 Å². The van der Waals surface area contributed by atoms with E-state index in [1.165, 1.54) is 0 Å². The molecule has 3 nitrogen and oxygen atoms in total. The van der Waals surface area contributed by atoms with Crippen LogP contribution in [0.1, 0.15) is 0 Å². The Hall–Kier alpha value is -3.64. The highest BCUT2D eigenvalue weighted by molar-refractivity contribution is 8.33. The van der Waals surface area contributed by atoms with Gasteiger partial charge in [0.25, 0.3) is 10.1 Å².